The first-order chi connectivity index (χ1) is 14.4. The first-order valence-corrected chi connectivity index (χ1v) is 9.33. The van der Waals surface area contributed by atoms with Gasteiger partial charge in [0.2, 0.25) is 11.8 Å². The average Bonchev–Trinajstić information content (AvgIpc) is 2.75. The molecule has 3 rings (SSSR count). The molecule has 0 aliphatic carbocycles. The fourth-order valence-electron chi connectivity index (χ4n) is 2.85. The van der Waals surface area contributed by atoms with Crippen LogP contribution in [-0.4, -0.2) is 42.9 Å². The Balaban J connectivity index is 1.51. The van der Waals surface area contributed by atoms with E-state index in [1.54, 1.807) is 30.3 Å². The number of esters is 1. The highest BCUT2D eigenvalue weighted by molar-refractivity contribution is 6.10. The van der Waals surface area contributed by atoms with Gasteiger partial charge in [0.25, 0.3) is 5.91 Å². The van der Waals surface area contributed by atoms with Crippen molar-refractivity contribution in [1.29, 1.82) is 0 Å². The second-order valence-electron chi connectivity index (χ2n) is 6.63. The maximum absolute atomic E-state index is 12.5. The average molecular weight is 407 g/mol. The van der Waals surface area contributed by atoms with Crippen molar-refractivity contribution in [3.05, 3.63) is 66.2 Å². The molecular weight excluding hydrogens is 386 g/mol. The molecule has 8 heteroatoms. The number of carbonyl (C=O) groups excluding carboxylic acids is 4. The largest absolute Gasteiger partial charge is 0.454 e. The Bertz CT molecular complexity index is 987. The smallest absolute Gasteiger partial charge is 0.328 e. The molecule has 2 N–H and O–H groups in total. The molecule has 3 amide bonds. The van der Waals surface area contributed by atoms with Crippen molar-refractivity contribution in [2.45, 2.75) is 13.0 Å². The van der Waals surface area contributed by atoms with Crippen LogP contribution in [0.4, 0.5) is 11.4 Å². The lowest BCUT2D eigenvalue weighted by Crippen LogP contribution is -2.45. The lowest BCUT2D eigenvalue weighted by molar-refractivity contribution is -0.150. The van der Waals surface area contributed by atoms with E-state index in [-0.39, 0.29) is 12.5 Å². The van der Waals surface area contributed by atoms with Crippen molar-refractivity contribution in [1.82, 2.24) is 5.32 Å². The number of benzene rings is 2. The van der Waals surface area contributed by atoms with E-state index in [1.807, 2.05) is 30.3 Å². The van der Waals surface area contributed by atoms with E-state index in [0.29, 0.717) is 11.4 Å². The minimum absolute atomic E-state index is 0.163. The molecule has 2 aromatic carbocycles. The fourth-order valence-corrected chi connectivity index (χ4v) is 2.85. The maximum atomic E-state index is 12.5. The Kier molecular flexibility index (Phi) is 6.59. The molecule has 0 saturated heterocycles. The summed E-state index contributed by atoms with van der Waals surface area (Å²) in [5.74, 6) is -2.08. The molecule has 0 bridgehead atoms. The number of anilines is 2. The number of nitrogens with one attached hydrogen (secondary N) is 2. The Morgan fingerprint density at radius 1 is 1.13 bits per heavy atom. The first-order valence-electron chi connectivity index (χ1n) is 9.33. The Morgan fingerprint density at radius 3 is 2.60 bits per heavy atom. The van der Waals surface area contributed by atoms with Gasteiger partial charge in [0.15, 0.2) is 6.61 Å². The second kappa shape index (κ2) is 9.51. The molecule has 0 spiro atoms. The monoisotopic (exact) mass is 407 g/mol. The van der Waals surface area contributed by atoms with Crippen molar-refractivity contribution >= 4 is 41.1 Å². The van der Waals surface area contributed by atoms with Crippen molar-refractivity contribution in [2.24, 2.45) is 0 Å². The van der Waals surface area contributed by atoms with Crippen LogP contribution in [0.1, 0.15) is 12.5 Å². The van der Waals surface area contributed by atoms with Crippen LogP contribution in [0.3, 0.4) is 0 Å². The lowest BCUT2D eigenvalue weighted by atomic mass is 10.2. The van der Waals surface area contributed by atoms with Crippen LogP contribution in [0.5, 0.6) is 0 Å². The lowest BCUT2D eigenvalue weighted by Gasteiger charge is -2.29. The van der Waals surface area contributed by atoms with Crippen molar-refractivity contribution in [3.8, 4) is 0 Å². The van der Waals surface area contributed by atoms with Gasteiger partial charge in [0.05, 0.1) is 11.4 Å². The van der Waals surface area contributed by atoms with E-state index in [9.17, 15) is 19.2 Å². The van der Waals surface area contributed by atoms with Gasteiger partial charge in [-0.05, 0) is 30.7 Å². The highest BCUT2D eigenvalue weighted by atomic mass is 16.5. The topological polar surface area (TPSA) is 105 Å². The summed E-state index contributed by atoms with van der Waals surface area (Å²) in [6.07, 6.45) is 2.93. The van der Waals surface area contributed by atoms with Crippen molar-refractivity contribution in [3.63, 3.8) is 0 Å². The summed E-state index contributed by atoms with van der Waals surface area (Å²) >= 11 is 0. The van der Waals surface area contributed by atoms with E-state index >= 15 is 0 Å². The van der Waals surface area contributed by atoms with Gasteiger partial charge in [0.1, 0.15) is 12.6 Å². The Morgan fingerprint density at radius 2 is 1.83 bits per heavy atom. The number of fused-ring (bicyclic) bond motifs is 1. The summed E-state index contributed by atoms with van der Waals surface area (Å²) in [5.41, 5.74) is 1.89. The molecule has 30 heavy (non-hydrogen) atoms. The van der Waals surface area contributed by atoms with Crippen LogP contribution < -0.4 is 15.5 Å². The molecular formula is C22H21N3O5. The van der Waals surface area contributed by atoms with Crippen LogP contribution in [0.25, 0.3) is 6.08 Å². The van der Waals surface area contributed by atoms with Crippen LogP contribution in [0.15, 0.2) is 60.7 Å². The van der Waals surface area contributed by atoms with Gasteiger partial charge in [-0.15, -0.1) is 0 Å². The zero-order valence-electron chi connectivity index (χ0n) is 16.3. The number of hydrogen-bond acceptors (Lipinski definition) is 5. The molecule has 2 aromatic rings. The number of amides is 3. The van der Waals surface area contributed by atoms with Crippen molar-refractivity contribution in [2.75, 3.05) is 23.4 Å². The van der Waals surface area contributed by atoms with Gasteiger partial charge < -0.3 is 15.4 Å². The van der Waals surface area contributed by atoms with Crippen LogP contribution in [0, 0.1) is 0 Å². The van der Waals surface area contributed by atoms with Gasteiger partial charge in [-0.2, -0.15) is 0 Å². The number of para-hydroxylation sites is 2. The van der Waals surface area contributed by atoms with Crippen molar-refractivity contribution < 1.29 is 23.9 Å². The summed E-state index contributed by atoms with van der Waals surface area (Å²) in [6, 6.07) is 15.1. The van der Waals surface area contributed by atoms with Crippen LogP contribution >= 0.6 is 0 Å². The molecule has 0 radical (unpaired) electrons. The predicted octanol–water partition coefficient (Wildman–Crippen LogP) is 1.73. The SMILES string of the molecule is C[C@H](NC(=O)/C=C/c1ccccc1)C(=O)OCC(=O)N1CC(=O)Nc2ccccc21. The highest BCUT2D eigenvalue weighted by Gasteiger charge is 2.27. The third kappa shape index (κ3) is 5.32. The number of hydrogen-bond donors (Lipinski definition) is 2. The van der Waals surface area contributed by atoms with E-state index in [4.69, 9.17) is 4.74 Å². The molecule has 1 aliphatic heterocycles. The zero-order chi connectivity index (χ0) is 21.5. The summed E-state index contributed by atoms with van der Waals surface area (Å²) in [6.45, 7) is 0.759. The Labute approximate surface area is 173 Å². The van der Waals surface area contributed by atoms with Crippen LogP contribution in [0.2, 0.25) is 0 Å². The number of rotatable bonds is 6. The Hall–Kier alpha value is -3.94. The third-order valence-electron chi connectivity index (χ3n) is 4.35. The van der Waals surface area contributed by atoms with E-state index in [2.05, 4.69) is 10.6 Å². The van der Waals surface area contributed by atoms with Gasteiger partial charge in [0, 0.05) is 6.08 Å². The molecule has 1 heterocycles. The molecule has 1 atom stereocenters. The second-order valence-corrected chi connectivity index (χ2v) is 6.63. The summed E-state index contributed by atoms with van der Waals surface area (Å²) < 4.78 is 5.03. The molecule has 0 fully saturated rings. The zero-order valence-corrected chi connectivity index (χ0v) is 16.3. The summed E-state index contributed by atoms with van der Waals surface area (Å²) in [5, 5.41) is 5.17. The van der Waals surface area contributed by atoms with E-state index in [0.717, 1.165) is 5.56 Å². The summed E-state index contributed by atoms with van der Waals surface area (Å²) in [4.78, 5) is 49.7. The quantitative estimate of drug-likeness (QED) is 0.561. The maximum Gasteiger partial charge on any atom is 0.328 e. The summed E-state index contributed by atoms with van der Waals surface area (Å²) in [7, 11) is 0. The molecule has 0 unspecified atom stereocenters. The standard InChI is InChI=1S/C22H21N3O5/c1-15(23-19(26)12-11-16-7-3-2-4-8-16)22(29)30-14-21(28)25-13-20(27)24-17-9-5-6-10-18(17)25/h2-12,15H,13-14H2,1H3,(H,23,26)(H,24,27)/b12-11+/t15-/m0/s1. The third-order valence-corrected chi connectivity index (χ3v) is 4.35. The minimum atomic E-state index is -0.942. The van der Waals surface area contributed by atoms with E-state index < -0.39 is 30.4 Å². The van der Waals surface area contributed by atoms with Crippen LogP contribution in [-0.2, 0) is 23.9 Å². The van der Waals surface area contributed by atoms with E-state index in [1.165, 1.54) is 17.9 Å². The number of ether oxygens (including phenoxy) is 1. The minimum Gasteiger partial charge on any atom is -0.454 e. The van der Waals surface area contributed by atoms with Gasteiger partial charge in [-0.1, -0.05) is 42.5 Å². The predicted molar refractivity (Wildman–Crippen MR) is 111 cm³/mol. The normalized spacial score (nSPS) is 13.9. The highest BCUT2D eigenvalue weighted by Crippen LogP contribution is 2.28. The molecule has 154 valence electrons. The molecule has 0 saturated carbocycles. The van der Waals surface area contributed by atoms with Gasteiger partial charge in [-0.3, -0.25) is 19.3 Å². The molecule has 1 aliphatic rings. The number of nitrogens with zero attached hydrogens (tertiary/aromatic N) is 1. The fraction of sp³-hybridized carbons (Fsp3) is 0.182. The molecule has 8 nitrogen and oxygen atoms in total. The van der Waals surface area contributed by atoms with Gasteiger partial charge >= 0.3 is 5.97 Å². The number of carbonyl (C=O) groups is 4. The van der Waals surface area contributed by atoms with Gasteiger partial charge in [-0.25, -0.2) is 4.79 Å². The first kappa shape index (κ1) is 20.8. The molecule has 0 aromatic heterocycles.